The minimum atomic E-state index is -4.70. The van der Waals surface area contributed by atoms with E-state index in [1.54, 1.807) is 23.9 Å². The molecule has 0 bridgehead atoms. The zero-order valence-corrected chi connectivity index (χ0v) is 15.0. The number of aromatic nitrogens is 2. The van der Waals surface area contributed by atoms with Crippen molar-refractivity contribution in [2.75, 3.05) is 0 Å². The maximum atomic E-state index is 12.3. The van der Waals surface area contributed by atoms with Gasteiger partial charge in [0.25, 0.3) is 0 Å². The summed E-state index contributed by atoms with van der Waals surface area (Å²) in [6.45, 7) is 0. The van der Waals surface area contributed by atoms with Gasteiger partial charge in [-0.05, 0) is 46.3 Å². The fourth-order valence-corrected chi connectivity index (χ4v) is 4.38. The van der Waals surface area contributed by atoms with Crippen LogP contribution < -0.4 is 4.74 Å². The van der Waals surface area contributed by atoms with Crippen LogP contribution in [0.1, 0.15) is 0 Å². The number of nitrogens with zero attached hydrogens (tertiary/aromatic N) is 2. The molecule has 0 saturated heterocycles. The molecule has 25 heavy (non-hydrogen) atoms. The predicted octanol–water partition coefficient (Wildman–Crippen LogP) is 5.94. The molecule has 4 rings (SSSR count). The highest BCUT2D eigenvalue weighted by atomic mass is 79.9. The molecule has 0 saturated carbocycles. The Hall–Kier alpha value is -1.93. The van der Waals surface area contributed by atoms with Gasteiger partial charge in [0.1, 0.15) is 16.2 Å². The summed E-state index contributed by atoms with van der Waals surface area (Å²) >= 11 is 5.17. The highest BCUT2D eigenvalue weighted by molar-refractivity contribution is 9.10. The number of fused-ring (bicyclic) bond motifs is 3. The van der Waals surface area contributed by atoms with Crippen LogP contribution in [0.25, 0.3) is 22.6 Å². The van der Waals surface area contributed by atoms with Gasteiger partial charge < -0.3 is 9.30 Å². The number of alkyl halides is 3. The Bertz CT molecular complexity index is 938. The lowest BCUT2D eigenvalue weighted by Gasteiger charge is -2.19. The normalized spacial score (nSPS) is 13.3. The van der Waals surface area contributed by atoms with E-state index in [2.05, 4.69) is 36.3 Å². The molecule has 1 aromatic heterocycles. The van der Waals surface area contributed by atoms with Crippen LogP contribution in [0.4, 0.5) is 13.2 Å². The van der Waals surface area contributed by atoms with Gasteiger partial charge in [0, 0.05) is 16.0 Å². The molecule has 0 aliphatic carbocycles. The zero-order valence-electron chi connectivity index (χ0n) is 12.5. The number of thioether (sulfide) groups is 1. The van der Waals surface area contributed by atoms with Gasteiger partial charge in [-0.3, -0.25) is 0 Å². The van der Waals surface area contributed by atoms with Crippen molar-refractivity contribution in [1.29, 1.82) is 0 Å². The van der Waals surface area contributed by atoms with Crippen LogP contribution in [0.5, 0.6) is 5.75 Å². The molecule has 0 fully saturated rings. The third kappa shape index (κ3) is 3.16. The summed E-state index contributed by atoms with van der Waals surface area (Å²) in [5.74, 6) is 1.28. The maximum Gasteiger partial charge on any atom is 0.573 e. The lowest BCUT2D eigenvalue weighted by atomic mass is 10.1. The van der Waals surface area contributed by atoms with Crippen molar-refractivity contribution in [1.82, 2.24) is 9.55 Å². The van der Waals surface area contributed by atoms with E-state index in [0.29, 0.717) is 10.5 Å². The molecule has 2 aromatic carbocycles. The van der Waals surface area contributed by atoms with Gasteiger partial charge in [0.15, 0.2) is 0 Å². The van der Waals surface area contributed by atoms with Crippen LogP contribution >= 0.6 is 27.7 Å². The standard InChI is InChI=1S/C17H10BrF3N2OS/c18-15-14(10-5-7-11(8-6-10)24-17(19,20)21)23-9-25-13-4-2-1-3-12(13)16(23)22-15/h1-8H,9H2. The molecule has 0 spiro atoms. The highest BCUT2D eigenvalue weighted by Gasteiger charge is 2.31. The predicted molar refractivity (Wildman–Crippen MR) is 93.3 cm³/mol. The average molecular weight is 427 g/mol. The van der Waals surface area contributed by atoms with E-state index in [1.807, 2.05) is 18.2 Å². The molecule has 1 aliphatic rings. The van der Waals surface area contributed by atoms with Crippen LogP contribution in [0.2, 0.25) is 0 Å². The van der Waals surface area contributed by atoms with Gasteiger partial charge in [0.2, 0.25) is 0 Å². The lowest BCUT2D eigenvalue weighted by Crippen LogP contribution is -2.17. The van der Waals surface area contributed by atoms with Crippen LogP contribution in [0, 0.1) is 0 Å². The third-order valence-corrected chi connectivity index (χ3v) is 5.37. The SMILES string of the molecule is FC(F)(F)Oc1ccc(-c2c(Br)nc3n2CSc2ccccc2-3)cc1. The Morgan fingerprint density at radius 1 is 1.08 bits per heavy atom. The fourth-order valence-electron chi connectivity index (χ4n) is 2.76. The molecule has 3 aromatic rings. The number of imidazole rings is 1. The molecule has 0 N–H and O–H groups in total. The van der Waals surface area contributed by atoms with E-state index < -0.39 is 6.36 Å². The van der Waals surface area contributed by atoms with Gasteiger partial charge in [-0.2, -0.15) is 0 Å². The van der Waals surface area contributed by atoms with E-state index in [0.717, 1.165) is 27.5 Å². The molecule has 0 unspecified atom stereocenters. The second-order valence-electron chi connectivity index (χ2n) is 5.34. The Morgan fingerprint density at radius 2 is 1.80 bits per heavy atom. The Labute approximate surface area is 154 Å². The first-order chi connectivity index (χ1) is 11.9. The maximum absolute atomic E-state index is 12.3. The van der Waals surface area contributed by atoms with Crippen molar-refractivity contribution in [2.24, 2.45) is 0 Å². The van der Waals surface area contributed by atoms with Crippen LogP contribution in [-0.4, -0.2) is 15.9 Å². The van der Waals surface area contributed by atoms with Crippen molar-refractivity contribution in [3.8, 4) is 28.4 Å². The lowest BCUT2D eigenvalue weighted by molar-refractivity contribution is -0.274. The molecule has 128 valence electrons. The zero-order chi connectivity index (χ0) is 17.6. The van der Waals surface area contributed by atoms with Crippen molar-refractivity contribution >= 4 is 27.7 Å². The summed E-state index contributed by atoms with van der Waals surface area (Å²) in [6.07, 6.45) is -4.70. The summed E-state index contributed by atoms with van der Waals surface area (Å²) in [6, 6.07) is 13.8. The quantitative estimate of drug-likeness (QED) is 0.507. The van der Waals surface area contributed by atoms with Gasteiger partial charge >= 0.3 is 6.36 Å². The van der Waals surface area contributed by atoms with E-state index in [1.165, 1.54) is 12.1 Å². The summed E-state index contributed by atoms with van der Waals surface area (Å²) in [5, 5.41) is 0. The molecule has 0 radical (unpaired) electrons. The minimum Gasteiger partial charge on any atom is -0.406 e. The molecule has 2 heterocycles. The van der Waals surface area contributed by atoms with Crippen molar-refractivity contribution < 1.29 is 17.9 Å². The number of halogens is 4. The first-order valence-corrected chi connectivity index (χ1v) is 9.04. The second-order valence-corrected chi connectivity index (χ2v) is 7.08. The summed E-state index contributed by atoms with van der Waals surface area (Å²) in [5.41, 5.74) is 2.64. The summed E-state index contributed by atoms with van der Waals surface area (Å²) in [4.78, 5) is 5.77. The average Bonchev–Trinajstić information content (AvgIpc) is 2.91. The summed E-state index contributed by atoms with van der Waals surface area (Å²) < 4.78 is 43.5. The molecular weight excluding hydrogens is 417 g/mol. The Morgan fingerprint density at radius 3 is 2.52 bits per heavy atom. The van der Waals surface area contributed by atoms with E-state index in [9.17, 15) is 13.2 Å². The minimum absolute atomic E-state index is 0.245. The second kappa shape index (κ2) is 6.10. The molecule has 3 nitrogen and oxygen atoms in total. The summed E-state index contributed by atoms with van der Waals surface area (Å²) in [7, 11) is 0. The van der Waals surface area contributed by atoms with Crippen LogP contribution in [0.3, 0.4) is 0 Å². The van der Waals surface area contributed by atoms with Gasteiger partial charge in [-0.15, -0.1) is 24.9 Å². The molecule has 0 atom stereocenters. The number of hydrogen-bond acceptors (Lipinski definition) is 3. The van der Waals surface area contributed by atoms with Gasteiger partial charge in [-0.1, -0.05) is 18.2 Å². The largest absolute Gasteiger partial charge is 0.573 e. The fraction of sp³-hybridized carbons (Fsp3) is 0.118. The van der Waals surface area contributed by atoms with E-state index in [-0.39, 0.29) is 5.75 Å². The van der Waals surface area contributed by atoms with Crippen LogP contribution in [-0.2, 0) is 5.88 Å². The molecular formula is C17H10BrF3N2OS. The number of ether oxygens (including phenoxy) is 1. The molecule has 8 heteroatoms. The Balaban J connectivity index is 1.75. The van der Waals surface area contributed by atoms with E-state index >= 15 is 0 Å². The van der Waals surface area contributed by atoms with Crippen LogP contribution in [0.15, 0.2) is 58.0 Å². The highest BCUT2D eigenvalue weighted by Crippen LogP contribution is 2.42. The molecule has 1 aliphatic heterocycles. The number of hydrogen-bond donors (Lipinski definition) is 0. The number of benzene rings is 2. The van der Waals surface area contributed by atoms with Gasteiger partial charge in [-0.25, -0.2) is 4.98 Å². The van der Waals surface area contributed by atoms with E-state index in [4.69, 9.17) is 0 Å². The molecule has 0 amide bonds. The van der Waals surface area contributed by atoms with Crippen molar-refractivity contribution in [3.63, 3.8) is 0 Å². The first-order valence-electron chi connectivity index (χ1n) is 7.27. The van der Waals surface area contributed by atoms with Crippen molar-refractivity contribution in [3.05, 3.63) is 53.1 Å². The number of rotatable bonds is 2. The first kappa shape index (κ1) is 16.5. The van der Waals surface area contributed by atoms with Crippen molar-refractivity contribution in [2.45, 2.75) is 17.1 Å². The Kier molecular flexibility index (Phi) is 4.04. The topological polar surface area (TPSA) is 27.1 Å². The monoisotopic (exact) mass is 426 g/mol. The third-order valence-electron chi connectivity index (χ3n) is 3.76. The van der Waals surface area contributed by atoms with Gasteiger partial charge in [0.05, 0.1) is 11.6 Å². The smallest absolute Gasteiger partial charge is 0.406 e.